The zero-order chi connectivity index (χ0) is 12.3. The van der Waals surface area contributed by atoms with Crippen molar-refractivity contribution < 1.29 is 9.53 Å². The van der Waals surface area contributed by atoms with E-state index < -0.39 is 0 Å². The van der Waals surface area contributed by atoms with Gasteiger partial charge in [-0.1, -0.05) is 18.2 Å². The summed E-state index contributed by atoms with van der Waals surface area (Å²) in [7, 11) is 1.42. The average Bonchev–Trinajstić information content (AvgIpc) is 2.77. The molecule has 4 heteroatoms. The number of benzene rings is 1. The van der Waals surface area contributed by atoms with Crippen molar-refractivity contribution in [2.45, 2.75) is 29.5 Å². The standard InChI is InChI=1S/C13H17NO2S/c1-9(13(15)16-2)14-8-11-7-10-5-3-4-6-12(10)17-11/h3-6,9,11,14H,7-8H2,1-2H3. The first kappa shape index (κ1) is 12.5. The van der Waals surface area contributed by atoms with Crippen LogP contribution in [0.15, 0.2) is 29.2 Å². The molecule has 92 valence electrons. The van der Waals surface area contributed by atoms with E-state index in [4.69, 9.17) is 0 Å². The van der Waals surface area contributed by atoms with Crippen LogP contribution in [0.1, 0.15) is 12.5 Å². The largest absolute Gasteiger partial charge is 0.468 e. The highest BCUT2D eigenvalue weighted by atomic mass is 32.2. The smallest absolute Gasteiger partial charge is 0.322 e. The van der Waals surface area contributed by atoms with Crippen LogP contribution >= 0.6 is 11.8 Å². The van der Waals surface area contributed by atoms with Gasteiger partial charge in [0.05, 0.1) is 7.11 Å². The lowest BCUT2D eigenvalue weighted by molar-refractivity contribution is -0.142. The first-order chi connectivity index (χ1) is 8.20. The average molecular weight is 251 g/mol. The molecule has 0 bridgehead atoms. The summed E-state index contributed by atoms with van der Waals surface area (Å²) in [5.74, 6) is -0.203. The number of ether oxygens (including phenoxy) is 1. The third kappa shape index (κ3) is 3.01. The summed E-state index contributed by atoms with van der Waals surface area (Å²) in [4.78, 5) is 12.6. The van der Waals surface area contributed by atoms with Crippen LogP contribution in [0.4, 0.5) is 0 Å². The van der Waals surface area contributed by atoms with Gasteiger partial charge in [0.1, 0.15) is 6.04 Å². The number of hydrogen-bond donors (Lipinski definition) is 1. The summed E-state index contributed by atoms with van der Waals surface area (Å²) in [6.07, 6.45) is 1.07. The Balaban J connectivity index is 1.82. The molecule has 2 atom stereocenters. The molecular weight excluding hydrogens is 234 g/mol. The minimum Gasteiger partial charge on any atom is -0.468 e. The Bertz CT molecular complexity index is 383. The summed E-state index contributed by atoms with van der Waals surface area (Å²) < 4.78 is 4.68. The van der Waals surface area contributed by atoms with Crippen LogP contribution in [0.2, 0.25) is 0 Å². The van der Waals surface area contributed by atoms with Gasteiger partial charge in [-0.25, -0.2) is 0 Å². The van der Waals surface area contributed by atoms with Gasteiger partial charge < -0.3 is 10.1 Å². The topological polar surface area (TPSA) is 38.3 Å². The molecule has 1 N–H and O–H groups in total. The maximum Gasteiger partial charge on any atom is 0.322 e. The molecular formula is C13H17NO2S. The second kappa shape index (κ2) is 5.56. The number of thioether (sulfide) groups is 1. The van der Waals surface area contributed by atoms with Crippen LogP contribution in [-0.4, -0.2) is 30.9 Å². The monoisotopic (exact) mass is 251 g/mol. The molecule has 1 aromatic carbocycles. The molecule has 1 aromatic rings. The lowest BCUT2D eigenvalue weighted by Gasteiger charge is -2.14. The normalized spacial score (nSPS) is 19.8. The number of methoxy groups -OCH3 is 1. The Hall–Kier alpha value is -1.00. The maximum atomic E-state index is 11.2. The Morgan fingerprint density at radius 2 is 2.35 bits per heavy atom. The third-order valence-corrected chi connectivity index (χ3v) is 4.24. The van der Waals surface area contributed by atoms with Gasteiger partial charge in [0, 0.05) is 16.7 Å². The fourth-order valence-corrected chi connectivity index (χ4v) is 3.20. The highest BCUT2D eigenvalue weighted by Gasteiger charge is 2.23. The second-order valence-corrected chi connectivity index (χ2v) is 5.55. The van der Waals surface area contributed by atoms with Crippen molar-refractivity contribution >= 4 is 17.7 Å². The Morgan fingerprint density at radius 3 is 3.06 bits per heavy atom. The van der Waals surface area contributed by atoms with E-state index in [9.17, 15) is 4.79 Å². The Morgan fingerprint density at radius 1 is 1.59 bits per heavy atom. The van der Waals surface area contributed by atoms with E-state index in [1.54, 1.807) is 0 Å². The van der Waals surface area contributed by atoms with Crippen molar-refractivity contribution in [3.8, 4) is 0 Å². The summed E-state index contributed by atoms with van der Waals surface area (Å²) in [6, 6.07) is 8.24. The number of rotatable bonds is 4. The Labute approximate surface area is 106 Å². The maximum absolute atomic E-state index is 11.2. The number of nitrogens with one attached hydrogen (secondary N) is 1. The van der Waals surface area contributed by atoms with Crippen molar-refractivity contribution in [3.05, 3.63) is 29.8 Å². The van der Waals surface area contributed by atoms with Crippen LogP contribution < -0.4 is 5.32 Å². The van der Waals surface area contributed by atoms with Gasteiger partial charge in [-0.3, -0.25) is 4.79 Å². The van der Waals surface area contributed by atoms with Crippen molar-refractivity contribution in [3.63, 3.8) is 0 Å². The van der Waals surface area contributed by atoms with Crippen molar-refractivity contribution in [1.29, 1.82) is 0 Å². The van der Waals surface area contributed by atoms with E-state index in [0.29, 0.717) is 5.25 Å². The van der Waals surface area contributed by atoms with Crippen LogP contribution in [0.5, 0.6) is 0 Å². The summed E-state index contributed by atoms with van der Waals surface area (Å²) >= 11 is 1.88. The van der Waals surface area contributed by atoms with Crippen molar-refractivity contribution in [2.75, 3.05) is 13.7 Å². The van der Waals surface area contributed by atoms with Gasteiger partial charge in [0.25, 0.3) is 0 Å². The zero-order valence-electron chi connectivity index (χ0n) is 10.1. The van der Waals surface area contributed by atoms with Crippen LogP contribution in [0.25, 0.3) is 0 Å². The number of carbonyl (C=O) groups excluding carboxylic acids is 1. The molecule has 0 aliphatic carbocycles. The van der Waals surface area contributed by atoms with E-state index in [1.807, 2.05) is 18.7 Å². The number of hydrogen-bond acceptors (Lipinski definition) is 4. The Kier molecular flexibility index (Phi) is 4.07. The van der Waals surface area contributed by atoms with Gasteiger partial charge in [0.2, 0.25) is 0 Å². The molecule has 0 saturated carbocycles. The van der Waals surface area contributed by atoms with Crippen molar-refractivity contribution in [1.82, 2.24) is 5.32 Å². The predicted molar refractivity (Wildman–Crippen MR) is 69.3 cm³/mol. The van der Waals surface area contributed by atoms with E-state index in [2.05, 4.69) is 34.3 Å². The SMILES string of the molecule is COC(=O)C(C)NCC1Cc2ccccc2S1. The van der Waals surface area contributed by atoms with Gasteiger partial charge in [-0.2, -0.15) is 0 Å². The molecule has 1 aliphatic rings. The molecule has 3 nitrogen and oxygen atoms in total. The van der Waals surface area contributed by atoms with E-state index in [0.717, 1.165) is 13.0 Å². The zero-order valence-corrected chi connectivity index (χ0v) is 10.9. The fraction of sp³-hybridized carbons (Fsp3) is 0.462. The second-order valence-electron chi connectivity index (χ2n) is 4.20. The molecule has 1 aliphatic heterocycles. The van der Waals surface area contributed by atoms with Crippen LogP contribution in [0, 0.1) is 0 Å². The molecule has 0 fully saturated rings. The summed E-state index contributed by atoms with van der Waals surface area (Å²) in [5, 5.41) is 3.73. The molecule has 2 rings (SSSR count). The fourth-order valence-electron chi connectivity index (χ4n) is 1.94. The van der Waals surface area contributed by atoms with Gasteiger partial charge in [-0.05, 0) is 25.0 Å². The van der Waals surface area contributed by atoms with Gasteiger partial charge in [0.15, 0.2) is 0 Å². The van der Waals surface area contributed by atoms with E-state index in [-0.39, 0.29) is 12.0 Å². The van der Waals surface area contributed by atoms with Crippen LogP contribution in [0.3, 0.4) is 0 Å². The van der Waals surface area contributed by atoms with Crippen LogP contribution in [-0.2, 0) is 16.0 Å². The molecule has 1 heterocycles. The highest BCUT2D eigenvalue weighted by molar-refractivity contribution is 8.00. The minimum absolute atomic E-state index is 0.203. The quantitative estimate of drug-likeness (QED) is 0.829. The minimum atomic E-state index is -0.232. The van der Waals surface area contributed by atoms with E-state index in [1.165, 1.54) is 17.6 Å². The van der Waals surface area contributed by atoms with Crippen molar-refractivity contribution in [2.24, 2.45) is 0 Å². The molecule has 0 aromatic heterocycles. The number of fused-ring (bicyclic) bond motifs is 1. The molecule has 17 heavy (non-hydrogen) atoms. The van der Waals surface area contributed by atoms with Gasteiger partial charge in [-0.15, -0.1) is 11.8 Å². The first-order valence-electron chi connectivity index (χ1n) is 5.76. The van der Waals surface area contributed by atoms with Gasteiger partial charge >= 0.3 is 5.97 Å². The molecule has 0 amide bonds. The summed E-state index contributed by atoms with van der Waals surface area (Å²) in [5.41, 5.74) is 1.41. The van der Waals surface area contributed by atoms with E-state index >= 15 is 0 Å². The highest BCUT2D eigenvalue weighted by Crippen LogP contribution is 2.36. The number of esters is 1. The lowest BCUT2D eigenvalue weighted by atomic mass is 10.1. The first-order valence-corrected chi connectivity index (χ1v) is 6.64. The third-order valence-electron chi connectivity index (χ3n) is 2.92. The summed E-state index contributed by atoms with van der Waals surface area (Å²) in [6.45, 7) is 2.66. The lowest BCUT2D eigenvalue weighted by Crippen LogP contribution is -2.38. The molecule has 2 unspecified atom stereocenters. The molecule has 0 saturated heterocycles. The molecule has 0 spiro atoms. The number of carbonyl (C=O) groups is 1. The predicted octanol–water partition coefficient (Wildman–Crippen LogP) is 1.85. The molecule has 0 radical (unpaired) electrons.